The van der Waals surface area contributed by atoms with Gasteiger partial charge in [-0.05, 0) is 36.2 Å². The molecule has 2 N–H and O–H groups in total. The van der Waals surface area contributed by atoms with E-state index in [1.807, 2.05) is 12.1 Å². The number of benzene rings is 2. The molecule has 112 valence electrons. The van der Waals surface area contributed by atoms with Crippen LogP contribution in [0.5, 0.6) is 11.5 Å². The zero-order valence-electron chi connectivity index (χ0n) is 11.9. The average Bonchev–Trinajstić information content (AvgIpc) is 2.50. The van der Waals surface area contributed by atoms with Crippen LogP contribution in [0, 0.1) is 5.82 Å². The molecule has 0 bridgehead atoms. The van der Waals surface area contributed by atoms with Crippen molar-refractivity contribution < 1.29 is 13.9 Å². The normalized spacial score (nSPS) is 12.0. The second-order valence-electron chi connectivity index (χ2n) is 4.66. The molecule has 0 spiro atoms. The van der Waals surface area contributed by atoms with Crippen molar-refractivity contribution in [1.82, 2.24) is 0 Å². The van der Waals surface area contributed by atoms with E-state index in [4.69, 9.17) is 26.8 Å². The van der Waals surface area contributed by atoms with Gasteiger partial charge in [-0.3, -0.25) is 0 Å². The minimum atomic E-state index is -0.414. The number of nitrogens with two attached hydrogens (primary N) is 1. The van der Waals surface area contributed by atoms with Crippen LogP contribution in [0.1, 0.15) is 17.2 Å². The third kappa shape index (κ3) is 3.65. The second kappa shape index (κ2) is 6.78. The minimum absolute atomic E-state index is 0.293. The Kier molecular flexibility index (Phi) is 5.04. The van der Waals surface area contributed by atoms with Crippen LogP contribution in [0.2, 0.25) is 5.02 Å². The molecule has 0 saturated heterocycles. The highest BCUT2D eigenvalue weighted by atomic mass is 35.5. The number of methoxy groups -OCH3 is 2. The van der Waals surface area contributed by atoms with Crippen LogP contribution in [0.3, 0.4) is 0 Å². The van der Waals surface area contributed by atoms with E-state index in [0.29, 0.717) is 28.5 Å². The van der Waals surface area contributed by atoms with Crippen molar-refractivity contribution in [3.8, 4) is 11.5 Å². The van der Waals surface area contributed by atoms with Crippen LogP contribution in [-0.4, -0.2) is 14.2 Å². The van der Waals surface area contributed by atoms with Gasteiger partial charge in [-0.1, -0.05) is 17.7 Å². The number of halogens is 2. The molecule has 21 heavy (non-hydrogen) atoms. The molecule has 1 atom stereocenters. The summed E-state index contributed by atoms with van der Waals surface area (Å²) in [6.07, 6.45) is 0.293. The van der Waals surface area contributed by atoms with Gasteiger partial charge >= 0.3 is 0 Å². The first-order valence-corrected chi connectivity index (χ1v) is 6.84. The van der Waals surface area contributed by atoms with E-state index in [1.165, 1.54) is 6.07 Å². The van der Waals surface area contributed by atoms with Crippen molar-refractivity contribution in [2.24, 2.45) is 5.73 Å². The quantitative estimate of drug-likeness (QED) is 0.915. The van der Waals surface area contributed by atoms with Gasteiger partial charge in [0.2, 0.25) is 0 Å². The minimum Gasteiger partial charge on any atom is -0.497 e. The van der Waals surface area contributed by atoms with Crippen LogP contribution in [0.15, 0.2) is 36.4 Å². The van der Waals surface area contributed by atoms with E-state index in [1.54, 1.807) is 32.4 Å². The highest BCUT2D eigenvalue weighted by Gasteiger charge is 2.15. The molecule has 0 saturated carbocycles. The zero-order chi connectivity index (χ0) is 15.4. The van der Waals surface area contributed by atoms with Gasteiger partial charge in [-0.15, -0.1) is 0 Å². The predicted octanol–water partition coefficient (Wildman–Crippen LogP) is 3.74. The molecule has 0 aliphatic carbocycles. The van der Waals surface area contributed by atoms with E-state index in [-0.39, 0.29) is 5.82 Å². The second-order valence-corrected chi connectivity index (χ2v) is 5.06. The Morgan fingerprint density at radius 1 is 1.14 bits per heavy atom. The highest BCUT2D eigenvalue weighted by Crippen LogP contribution is 2.29. The molecule has 0 heterocycles. The van der Waals surface area contributed by atoms with Crippen molar-refractivity contribution in [3.63, 3.8) is 0 Å². The maximum Gasteiger partial charge on any atom is 0.127 e. The lowest BCUT2D eigenvalue weighted by molar-refractivity contribution is 0.392. The van der Waals surface area contributed by atoms with Crippen molar-refractivity contribution in [3.05, 3.63) is 58.4 Å². The summed E-state index contributed by atoms with van der Waals surface area (Å²) in [5.41, 5.74) is 7.38. The van der Waals surface area contributed by atoms with Gasteiger partial charge in [0.05, 0.1) is 14.2 Å². The summed E-state index contributed by atoms with van der Waals surface area (Å²) < 4.78 is 24.2. The average molecular weight is 310 g/mol. The summed E-state index contributed by atoms with van der Waals surface area (Å²) in [7, 11) is 3.13. The van der Waals surface area contributed by atoms with Gasteiger partial charge in [0.15, 0.2) is 0 Å². The van der Waals surface area contributed by atoms with Gasteiger partial charge < -0.3 is 15.2 Å². The molecule has 2 rings (SSSR count). The van der Waals surface area contributed by atoms with Gasteiger partial charge in [-0.25, -0.2) is 4.39 Å². The summed E-state index contributed by atoms with van der Waals surface area (Å²) in [5, 5.41) is 0.375. The Balaban J connectivity index is 2.30. The molecule has 0 amide bonds. The standard InChI is InChI=1S/C16H17ClFNO2/c1-20-11-6-10(7-12(8-11)21-2)16(19)9-13-14(17)4-3-5-15(13)18/h3-8,16H,9,19H2,1-2H3. The van der Waals surface area contributed by atoms with Crippen LogP contribution in [0.25, 0.3) is 0 Å². The molecule has 3 nitrogen and oxygen atoms in total. The van der Waals surface area contributed by atoms with Gasteiger partial charge in [0.1, 0.15) is 17.3 Å². The van der Waals surface area contributed by atoms with Crippen LogP contribution in [0.4, 0.5) is 4.39 Å². The van der Waals surface area contributed by atoms with Crippen LogP contribution in [-0.2, 0) is 6.42 Å². The molecule has 0 aliphatic rings. The molecule has 0 aromatic heterocycles. The topological polar surface area (TPSA) is 44.5 Å². The van der Waals surface area contributed by atoms with Crippen LogP contribution >= 0.6 is 11.6 Å². The molecule has 0 fully saturated rings. The van der Waals surface area contributed by atoms with E-state index < -0.39 is 6.04 Å². The van der Waals surface area contributed by atoms with E-state index in [9.17, 15) is 4.39 Å². The largest absolute Gasteiger partial charge is 0.497 e. The van der Waals surface area contributed by atoms with Crippen molar-refractivity contribution in [2.75, 3.05) is 14.2 Å². The Hall–Kier alpha value is -1.78. The number of hydrogen-bond donors (Lipinski definition) is 1. The fourth-order valence-corrected chi connectivity index (χ4v) is 2.35. The summed E-state index contributed by atoms with van der Waals surface area (Å²) in [5.74, 6) is 0.923. The lowest BCUT2D eigenvalue weighted by Crippen LogP contribution is -2.14. The lowest BCUT2D eigenvalue weighted by Gasteiger charge is -2.16. The number of hydrogen-bond acceptors (Lipinski definition) is 3. The van der Waals surface area contributed by atoms with E-state index in [0.717, 1.165) is 5.56 Å². The molecule has 5 heteroatoms. The lowest BCUT2D eigenvalue weighted by atomic mass is 9.99. The Labute approximate surface area is 128 Å². The van der Waals surface area contributed by atoms with Gasteiger partial charge in [-0.2, -0.15) is 0 Å². The Morgan fingerprint density at radius 2 is 1.76 bits per heavy atom. The smallest absolute Gasteiger partial charge is 0.127 e. The van der Waals surface area contributed by atoms with Crippen LogP contribution < -0.4 is 15.2 Å². The van der Waals surface area contributed by atoms with Gasteiger partial charge in [0.25, 0.3) is 0 Å². The van der Waals surface area contributed by atoms with Gasteiger partial charge in [0, 0.05) is 22.7 Å². The fourth-order valence-electron chi connectivity index (χ4n) is 2.11. The Bertz CT molecular complexity index is 591. The molecule has 1 unspecified atom stereocenters. The molecular formula is C16H17ClFNO2. The summed E-state index contributed by atoms with van der Waals surface area (Å²) in [6, 6.07) is 9.56. The molecule has 2 aromatic carbocycles. The predicted molar refractivity (Wildman–Crippen MR) is 81.6 cm³/mol. The highest BCUT2D eigenvalue weighted by molar-refractivity contribution is 6.31. The SMILES string of the molecule is COc1cc(OC)cc(C(N)Cc2c(F)cccc2Cl)c1. The Morgan fingerprint density at radius 3 is 2.29 bits per heavy atom. The number of ether oxygens (including phenoxy) is 2. The zero-order valence-corrected chi connectivity index (χ0v) is 12.7. The summed E-state index contributed by atoms with van der Waals surface area (Å²) in [4.78, 5) is 0. The molecule has 0 aliphatic heterocycles. The summed E-state index contributed by atoms with van der Waals surface area (Å²) >= 11 is 6.03. The maximum absolute atomic E-state index is 13.8. The summed E-state index contributed by atoms with van der Waals surface area (Å²) in [6.45, 7) is 0. The first-order valence-electron chi connectivity index (χ1n) is 6.46. The first-order chi connectivity index (χ1) is 10.0. The monoisotopic (exact) mass is 309 g/mol. The number of rotatable bonds is 5. The van der Waals surface area contributed by atoms with E-state index in [2.05, 4.69) is 0 Å². The van der Waals surface area contributed by atoms with Crippen molar-refractivity contribution >= 4 is 11.6 Å². The molecular weight excluding hydrogens is 293 g/mol. The van der Waals surface area contributed by atoms with Crippen molar-refractivity contribution in [2.45, 2.75) is 12.5 Å². The van der Waals surface area contributed by atoms with E-state index >= 15 is 0 Å². The third-order valence-corrected chi connectivity index (χ3v) is 3.64. The first kappa shape index (κ1) is 15.6. The third-order valence-electron chi connectivity index (χ3n) is 3.29. The molecule has 2 aromatic rings. The van der Waals surface area contributed by atoms with Crippen molar-refractivity contribution in [1.29, 1.82) is 0 Å². The molecule has 0 radical (unpaired) electrons. The maximum atomic E-state index is 13.8. The fraction of sp³-hybridized carbons (Fsp3) is 0.250.